The lowest BCUT2D eigenvalue weighted by Crippen LogP contribution is -2.08. The summed E-state index contributed by atoms with van der Waals surface area (Å²) in [6.45, 7) is 0. The number of hydrogen-bond acceptors (Lipinski definition) is 1. The van der Waals surface area contributed by atoms with Gasteiger partial charge in [0, 0.05) is 17.8 Å². The smallest absolute Gasteiger partial charge is 0.342 e. The fourth-order valence-electron chi connectivity index (χ4n) is 1.87. The van der Waals surface area contributed by atoms with Crippen molar-refractivity contribution in [2.45, 2.75) is 0 Å². The summed E-state index contributed by atoms with van der Waals surface area (Å²) >= 11 is 0. The molecule has 0 amide bonds. The van der Waals surface area contributed by atoms with Crippen LogP contribution in [-0.2, 0) is 0 Å². The average molecular weight is 190 g/mol. The Hall–Kier alpha value is -2.36. The Labute approximate surface area is 87.4 Å². The molecule has 2 heterocycles. The molecule has 0 bridgehead atoms. The van der Waals surface area contributed by atoms with Crippen molar-refractivity contribution in [1.29, 1.82) is 0 Å². The molecule has 0 saturated heterocycles. The van der Waals surface area contributed by atoms with E-state index in [1.807, 2.05) is 24.3 Å². The molecule has 0 fully saturated rings. The van der Waals surface area contributed by atoms with Gasteiger partial charge in [-0.2, -0.15) is 0 Å². The molecule has 3 rings (SSSR count). The van der Waals surface area contributed by atoms with Gasteiger partial charge in [0.1, 0.15) is 5.69 Å². The van der Waals surface area contributed by atoms with Gasteiger partial charge in [-0.1, -0.05) is 22.4 Å². The Balaban J connectivity index is 2.44. The second-order valence-electron chi connectivity index (χ2n) is 3.30. The van der Waals surface area contributed by atoms with Crippen molar-refractivity contribution in [2.75, 3.05) is 0 Å². The van der Waals surface area contributed by atoms with Crippen LogP contribution in [0.1, 0.15) is 11.3 Å². The topological polar surface area (TPSA) is 27.0 Å². The number of pyridine rings is 1. The van der Waals surface area contributed by atoms with E-state index < -0.39 is 0 Å². The van der Waals surface area contributed by atoms with Crippen molar-refractivity contribution >= 4 is 17.5 Å². The second kappa shape index (κ2) is 2.81. The molecule has 1 aliphatic heterocycles. The highest BCUT2D eigenvalue weighted by atomic mass is 14.7. The maximum Gasteiger partial charge on any atom is 0.342 e. The van der Waals surface area contributed by atoms with Crippen LogP contribution < -0.4 is 4.67 Å². The zero-order valence-electron chi connectivity index (χ0n) is 7.86. The van der Waals surface area contributed by atoms with Crippen molar-refractivity contribution in [3.05, 3.63) is 53.7 Å². The standard InChI is InChI=1S/C13H6N2/c1-2-9-10-5-3-7-14-12(10)13-11(9)6-4-8-15-13/h3-8H. The normalized spacial score (nSPS) is 15.8. The van der Waals surface area contributed by atoms with Crippen LogP contribution in [0.15, 0.2) is 36.1 Å². The van der Waals surface area contributed by atoms with Crippen LogP contribution in [0.3, 0.4) is 0 Å². The first kappa shape index (κ1) is 7.99. The molecule has 68 valence electrons. The summed E-state index contributed by atoms with van der Waals surface area (Å²) < 4.78 is 4.29. The molecule has 1 aromatic heterocycles. The molecule has 2 nitrogen and oxygen atoms in total. The summed E-state index contributed by atoms with van der Waals surface area (Å²) in [5.41, 5.74) is 4.37. The predicted molar refractivity (Wildman–Crippen MR) is 59.7 cm³/mol. The predicted octanol–water partition coefficient (Wildman–Crippen LogP) is 0.935. The van der Waals surface area contributed by atoms with Crippen LogP contribution >= 0.6 is 0 Å². The van der Waals surface area contributed by atoms with Gasteiger partial charge in [0.05, 0.1) is 0 Å². The van der Waals surface area contributed by atoms with E-state index >= 15 is 0 Å². The average Bonchev–Trinajstić information content (AvgIpc) is 2.63. The third-order valence-corrected chi connectivity index (χ3v) is 2.50. The molecule has 0 radical (unpaired) electrons. The zero-order valence-corrected chi connectivity index (χ0v) is 7.86. The lowest BCUT2D eigenvalue weighted by molar-refractivity contribution is 1.28. The van der Waals surface area contributed by atoms with E-state index in [4.69, 9.17) is 6.42 Å². The number of rotatable bonds is 0. The van der Waals surface area contributed by atoms with Crippen molar-refractivity contribution in [3.63, 3.8) is 0 Å². The van der Waals surface area contributed by atoms with Crippen molar-refractivity contribution in [3.8, 4) is 5.92 Å². The molecule has 0 saturated carbocycles. The summed E-state index contributed by atoms with van der Waals surface area (Å²) in [5.74, 6) is 2.46. The molecule has 2 heteroatoms. The number of hydrogen-bond donors (Lipinski definition) is 0. The van der Waals surface area contributed by atoms with Gasteiger partial charge in [-0.3, -0.25) is 5.92 Å². The summed E-state index contributed by atoms with van der Waals surface area (Å²) in [5, 5.41) is 0. The molecule has 15 heavy (non-hydrogen) atoms. The molecule has 0 N–H and O–H groups in total. The van der Waals surface area contributed by atoms with Gasteiger partial charge in [-0.15, -0.1) is 5.57 Å². The monoisotopic (exact) mass is 190 g/mol. The molecular weight excluding hydrogens is 184 g/mol. The molecule has 0 aromatic carbocycles. The van der Waals surface area contributed by atoms with E-state index in [9.17, 15) is 0 Å². The number of allylic oxidation sites excluding steroid dienone is 4. The Morgan fingerprint density at radius 1 is 1.40 bits per heavy atom. The van der Waals surface area contributed by atoms with E-state index in [0.29, 0.717) is 0 Å². The lowest BCUT2D eigenvalue weighted by atomic mass is 10.1. The quantitative estimate of drug-likeness (QED) is 0.340. The van der Waals surface area contributed by atoms with Gasteiger partial charge in [0.25, 0.3) is 6.21 Å². The molecular formula is C13H6N2. The van der Waals surface area contributed by atoms with Crippen molar-refractivity contribution in [2.24, 2.45) is 0 Å². The summed E-state index contributed by atoms with van der Waals surface area (Å²) in [7, 11) is 0. The Morgan fingerprint density at radius 3 is 3.20 bits per heavy atom. The van der Waals surface area contributed by atoms with Crippen LogP contribution in [0, 0.1) is 12.3 Å². The van der Waals surface area contributed by atoms with Gasteiger partial charge < -0.3 is 6.42 Å². The number of fused-ring (bicyclic) bond motifs is 3. The first-order chi connectivity index (χ1) is 7.42. The molecule has 0 atom stereocenters. The maximum absolute atomic E-state index is 7.32. The van der Waals surface area contributed by atoms with Gasteiger partial charge in [0.2, 0.25) is 0 Å². The van der Waals surface area contributed by atoms with Crippen LogP contribution in [0.4, 0.5) is 0 Å². The number of aromatic nitrogens is 1. The highest BCUT2D eigenvalue weighted by Crippen LogP contribution is 2.31. The third kappa shape index (κ3) is 0.956. The van der Waals surface area contributed by atoms with E-state index in [1.165, 1.54) is 0 Å². The molecule has 2 aliphatic rings. The van der Waals surface area contributed by atoms with Gasteiger partial charge in [0.15, 0.2) is 0 Å². The molecule has 1 aliphatic carbocycles. The first-order valence-corrected chi connectivity index (χ1v) is 4.62. The van der Waals surface area contributed by atoms with E-state index in [-0.39, 0.29) is 0 Å². The summed E-state index contributed by atoms with van der Waals surface area (Å²) in [6.07, 6.45) is 14.6. The number of nitrogens with zero attached hydrogens (tertiary/aromatic N) is 2. The Bertz CT molecular complexity index is 618. The van der Waals surface area contributed by atoms with Crippen molar-refractivity contribution < 1.29 is 0 Å². The summed E-state index contributed by atoms with van der Waals surface area (Å²) in [6, 6.07) is 3.81. The van der Waals surface area contributed by atoms with Crippen LogP contribution in [0.25, 0.3) is 5.57 Å². The van der Waals surface area contributed by atoms with Gasteiger partial charge >= 0.3 is 5.71 Å². The lowest BCUT2D eigenvalue weighted by Gasteiger charge is -2.03. The van der Waals surface area contributed by atoms with Gasteiger partial charge in [-0.25, -0.2) is 4.98 Å². The van der Waals surface area contributed by atoms with E-state index in [1.54, 1.807) is 12.4 Å². The van der Waals surface area contributed by atoms with Gasteiger partial charge in [-0.05, 0) is 6.07 Å². The minimum atomic E-state index is 0.779. The zero-order chi connectivity index (χ0) is 10.3. The molecule has 0 spiro atoms. The largest absolute Gasteiger partial charge is 0.366 e. The van der Waals surface area contributed by atoms with E-state index in [0.717, 1.165) is 28.1 Å². The maximum atomic E-state index is 7.32. The van der Waals surface area contributed by atoms with Crippen LogP contribution in [0.2, 0.25) is 0 Å². The third-order valence-electron chi connectivity index (χ3n) is 2.50. The van der Waals surface area contributed by atoms with Crippen LogP contribution in [0.5, 0.6) is 0 Å². The minimum Gasteiger partial charge on any atom is -0.366 e. The highest BCUT2D eigenvalue weighted by molar-refractivity contribution is 6.26. The highest BCUT2D eigenvalue weighted by Gasteiger charge is 2.29. The molecule has 1 aromatic rings. The molecule has 0 unspecified atom stereocenters. The summed E-state index contributed by atoms with van der Waals surface area (Å²) in [4.78, 5) is 4.29. The second-order valence-corrected chi connectivity index (χ2v) is 3.30. The Morgan fingerprint density at radius 2 is 2.33 bits per heavy atom. The first-order valence-electron chi connectivity index (χ1n) is 4.62. The fraction of sp³-hybridized carbons (Fsp3) is 0. The van der Waals surface area contributed by atoms with Crippen LogP contribution in [-0.4, -0.2) is 16.9 Å². The fourth-order valence-corrected chi connectivity index (χ4v) is 1.87. The Kier molecular flexibility index (Phi) is 1.50. The SMILES string of the molecule is [C-]#CC1=C2C=CC=[N+]=C2c2ncccc21. The minimum absolute atomic E-state index is 0.779. The van der Waals surface area contributed by atoms with E-state index in [2.05, 4.69) is 15.6 Å². The van der Waals surface area contributed by atoms with Crippen molar-refractivity contribution in [1.82, 2.24) is 9.65 Å².